The van der Waals surface area contributed by atoms with Crippen LogP contribution in [-0.2, 0) is 11.3 Å². The van der Waals surface area contributed by atoms with E-state index in [0.717, 1.165) is 71.0 Å². The number of imidazole rings is 1. The minimum atomic E-state index is -5.08. The molecule has 1 aromatic heterocycles. The number of nitrogens with one attached hydrogen (secondary N) is 1. The normalized spacial score (nSPS) is 13.0. The van der Waals surface area contributed by atoms with Gasteiger partial charge in [-0.05, 0) is 66.4 Å². The Morgan fingerprint density at radius 1 is 0.936 bits per heavy atom. The molecule has 6 nitrogen and oxygen atoms in total. The van der Waals surface area contributed by atoms with Crippen molar-refractivity contribution in [2.75, 3.05) is 31.1 Å². The zero-order valence-corrected chi connectivity index (χ0v) is 26.4. The van der Waals surface area contributed by atoms with Crippen LogP contribution in [0.2, 0.25) is 5.02 Å². The maximum Gasteiger partial charge on any atom is 0.490 e. The predicted molar refractivity (Wildman–Crippen MR) is 176 cm³/mol. The molecule has 0 unspecified atom stereocenters. The lowest BCUT2D eigenvalue weighted by Crippen LogP contribution is -2.44. The number of halogens is 5. The summed E-state index contributed by atoms with van der Waals surface area (Å²) < 4.78 is 48.4. The number of anilines is 1. The number of carboxylic acid groups (broad SMARTS) is 1. The minimum absolute atomic E-state index is 0.153. The molecule has 0 radical (unpaired) electrons. The summed E-state index contributed by atoms with van der Waals surface area (Å²) in [5.74, 6) is 4.65. The number of alkyl halides is 3. The monoisotopic (exact) mass is 662 g/mol. The summed E-state index contributed by atoms with van der Waals surface area (Å²) in [6, 6.07) is 26.0. The molecular weight excluding hydrogens is 632 g/mol. The second-order valence-electron chi connectivity index (χ2n) is 11.1. The molecule has 11 heteroatoms. The van der Waals surface area contributed by atoms with Crippen LogP contribution in [0.5, 0.6) is 0 Å². The summed E-state index contributed by atoms with van der Waals surface area (Å²) >= 11 is 6.79. The van der Waals surface area contributed by atoms with Crippen molar-refractivity contribution in [3.8, 4) is 23.0 Å². The van der Waals surface area contributed by atoms with Crippen LogP contribution in [0.1, 0.15) is 27.8 Å². The van der Waals surface area contributed by atoms with E-state index < -0.39 is 12.1 Å². The quantitative estimate of drug-likeness (QED) is 0.153. The van der Waals surface area contributed by atoms with Gasteiger partial charge < -0.3 is 19.9 Å². The van der Waals surface area contributed by atoms with E-state index in [1.54, 1.807) is 0 Å². The third-order valence-electron chi connectivity index (χ3n) is 7.61. The van der Waals surface area contributed by atoms with Gasteiger partial charge in [-0.2, -0.15) is 13.2 Å². The Kier molecular flexibility index (Phi) is 10.2. The molecule has 0 bridgehead atoms. The van der Waals surface area contributed by atoms with Crippen LogP contribution in [-0.4, -0.2) is 53.0 Å². The Hall–Kier alpha value is -4.85. The van der Waals surface area contributed by atoms with Crippen LogP contribution in [0.25, 0.3) is 22.2 Å². The lowest BCUT2D eigenvalue weighted by Gasteiger charge is -2.29. The number of aromatic nitrogens is 2. The van der Waals surface area contributed by atoms with Crippen LogP contribution in [0.3, 0.4) is 0 Å². The van der Waals surface area contributed by atoms with Gasteiger partial charge in [-0.1, -0.05) is 72.0 Å². The molecule has 4 aromatic carbocycles. The van der Waals surface area contributed by atoms with E-state index >= 15 is 0 Å². The Bertz CT molecular complexity index is 1950. The smallest absolute Gasteiger partial charge is 0.475 e. The Balaban J connectivity index is 0.000000559. The van der Waals surface area contributed by atoms with Crippen molar-refractivity contribution in [1.29, 1.82) is 0 Å². The summed E-state index contributed by atoms with van der Waals surface area (Å²) in [6.45, 7) is 7.69. The Labute approximate surface area is 274 Å². The average Bonchev–Trinajstić information content (AvgIpc) is 3.40. The molecule has 47 heavy (non-hydrogen) atoms. The van der Waals surface area contributed by atoms with Gasteiger partial charge in [-0.25, -0.2) is 14.2 Å². The van der Waals surface area contributed by atoms with Gasteiger partial charge in [0.1, 0.15) is 5.82 Å². The fourth-order valence-electron chi connectivity index (χ4n) is 5.44. The van der Waals surface area contributed by atoms with Gasteiger partial charge in [0.2, 0.25) is 5.95 Å². The summed E-state index contributed by atoms with van der Waals surface area (Å²) in [6.07, 6.45) is -5.08. The number of rotatable bonds is 4. The maximum absolute atomic E-state index is 14.5. The molecular formula is C36H31ClF4N4O2. The Morgan fingerprint density at radius 3 is 2.19 bits per heavy atom. The highest BCUT2D eigenvalue weighted by Crippen LogP contribution is 2.36. The lowest BCUT2D eigenvalue weighted by molar-refractivity contribution is -0.192. The van der Waals surface area contributed by atoms with Crippen molar-refractivity contribution >= 4 is 34.6 Å². The summed E-state index contributed by atoms with van der Waals surface area (Å²) in [7, 11) is 0. The molecule has 6 rings (SSSR count). The average molecular weight is 663 g/mol. The summed E-state index contributed by atoms with van der Waals surface area (Å²) in [5, 5.41) is 11.2. The predicted octanol–water partition coefficient (Wildman–Crippen LogP) is 7.60. The van der Waals surface area contributed by atoms with Crippen molar-refractivity contribution < 1.29 is 27.5 Å². The maximum atomic E-state index is 14.5. The molecule has 0 aliphatic carbocycles. The highest BCUT2D eigenvalue weighted by atomic mass is 35.5. The van der Waals surface area contributed by atoms with Crippen molar-refractivity contribution in [1.82, 2.24) is 14.9 Å². The molecule has 0 amide bonds. The second-order valence-corrected chi connectivity index (χ2v) is 11.5. The number of carbonyl (C=O) groups is 1. The van der Waals surface area contributed by atoms with Gasteiger partial charge in [0.25, 0.3) is 0 Å². The fourth-order valence-corrected chi connectivity index (χ4v) is 5.65. The van der Waals surface area contributed by atoms with E-state index in [1.807, 2.05) is 86.6 Å². The summed E-state index contributed by atoms with van der Waals surface area (Å²) in [5.41, 5.74) is 7.96. The van der Waals surface area contributed by atoms with Crippen LogP contribution < -0.4 is 10.2 Å². The van der Waals surface area contributed by atoms with Gasteiger partial charge in [-0.3, -0.25) is 0 Å². The number of aryl methyl sites for hydroxylation is 2. The minimum Gasteiger partial charge on any atom is -0.475 e. The van der Waals surface area contributed by atoms with Crippen molar-refractivity contribution in [2.24, 2.45) is 0 Å². The number of carboxylic acids is 1. The number of fused-ring (bicyclic) bond motifs is 1. The van der Waals surface area contributed by atoms with E-state index in [1.165, 1.54) is 0 Å². The first-order valence-corrected chi connectivity index (χ1v) is 15.2. The van der Waals surface area contributed by atoms with Crippen LogP contribution >= 0.6 is 11.6 Å². The van der Waals surface area contributed by atoms with E-state index in [2.05, 4.69) is 32.7 Å². The third-order valence-corrected chi connectivity index (χ3v) is 7.83. The lowest BCUT2D eigenvalue weighted by atomic mass is 9.98. The molecule has 242 valence electrons. The number of nitrogens with zero attached hydrogens (tertiary/aromatic N) is 3. The number of hydrogen-bond donors (Lipinski definition) is 2. The van der Waals surface area contributed by atoms with E-state index in [0.29, 0.717) is 22.7 Å². The largest absolute Gasteiger partial charge is 0.490 e. The first-order valence-electron chi connectivity index (χ1n) is 14.8. The molecule has 1 saturated heterocycles. The highest BCUT2D eigenvalue weighted by Gasteiger charge is 2.38. The van der Waals surface area contributed by atoms with Gasteiger partial charge in [0, 0.05) is 47.9 Å². The van der Waals surface area contributed by atoms with Crippen LogP contribution in [0, 0.1) is 31.5 Å². The van der Waals surface area contributed by atoms with Crippen molar-refractivity contribution in [3.63, 3.8) is 0 Å². The second kappa shape index (κ2) is 14.3. The van der Waals surface area contributed by atoms with Gasteiger partial charge >= 0.3 is 12.1 Å². The highest BCUT2D eigenvalue weighted by molar-refractivity contribution is 6.32. The number of aliphatic carboxylic acids is 1. The SMILES string of the molecule is Cc1cc(Cn2c(N3CCNCC3)nc3c(-c4ccccc4C#Cc4ccccc4)cc(Cl)cc32)cc(C)c1F.O=C(O)C(F)(F)F. The number of benzene rings is 4. The third kappa shape index (κ3) is 7.94. The van der Waals surface area contributed by atoms with Crippen molar-refractivity contribution in [2.45, 2.75) is 26.6 Å². The first kappa shape index (κ1) is 33.5. The molecule has 1 aliphatic rings. The van der Waals surface area contributed by atoms with Gasteiger partial charge in [-0.15, -0.1) is 0 Å². The molecule has 2 heterocycles. The molecule has 0 atom stereocenters. The Morgan fingerprint density at radius 2 is 1.55 bits per heavy atom. The van der Waals surface area contributed by atoms with Crippen molar-refractivity contribution in [3.05, 3.63) is 118 Å². The van der Waals surface area contributed by atoms with E-state index in [9.17, 15) is 17.6 Å². The first-order chi connectivity index (χ1) is 22.4. The van der Waals surface area contributed by atoms with Gasteiger partial charge in [0.05, 0.1) is 17.6 Å². The molecule has 5 aromatic rings. The van der Waals surface area contributed by atoms with E-state index in [4.69, 9.17) is 26.5 Å². The topological polar surface area (TPSA) is 70.4 Å². The fraction of sp³-hybridized carbons (Fsp3) is 0.222. The standard InChI is InChI=1S/C34H30ClFN4.C2HF3O2/c1-23-18-26(19-24(2)32(23)36)22-40-31-21-28(35)20-30(33(31)38-34(40)39-16-14-37-15-17-39)29-11-7-6-10-27(29)13-12-25-8-4-3-5-9-25;3-2(4,5)1(6)7/h3-11,18-21,37H,14-17,22H2,1-2H3;(H,6,7). The molecule has 0 saturated carbocycles. The summed E-state index contributed by atoms with van der Waals surface area (Å²) in [4.78, 5) is 16.5. The molecule has 1 aliphatic heterocycles. The van der Waals surface area contributed by atoms with Gasteiger partial charge in [0.15, 0.2) is 0 Å². The van der Waals surface area contributed by atoms with Crippen LogP contribution in [0.15, 0.2) is 78.9 Å². The zero-order chi connectivity index (χ0) is 33.7. The van der Waals surface area contributed by atoms with Crippen LogP contribution in [0.4, 0.5) is 23.5 Å². The molecule has 1 fully saturated rings. The molecule has 2 N–H and O–H groups in total. The number of piperazine rings is 1. The van der Waals surface area contributed by atoms with E-state index in [-0.39, 0.29) is 5.82 Å². The number of hydrogen-bond acceptors (Lipinski definition) is 4. The zero-order valence-electron chi connectivity index (χ0n) is 25.6. The molecule has 0 spiro atoms.